The van der Waals surface area contributed by atoms with Gasteiger partial charge in [0.1, 0.15) is 12.2 Å². The number of nitrogens with zero attached hydrogens (tertiary/aromatic N) is 2. The zero-order valence-electron chi connectivity index (χ0n) is 15.6. The molecule has 0 radical (unpaired) electrons. The molecule has 0 aliphatic carbocycles. The van der Waals surface area contributed by atoms with Gasteiger partial charge in [-0.15, -0.1) is 0 Å². The van der Waals surface area contributed by atoms with Crippen molar-refractivity contribution in [3.05, 3.63) is 66.4 Å². The zero-order valence-corrected chi connectivity index (χ0v) is 15.6. The van der Waals surface area contributed by atoms with Gasteiger partial charge in [-0.3, -0.25) is 15.0 Å². The van der Waals surface area contributed by atoms with E-state index in [9.17, 15) is 9.59 Å². The van der Waals surface area contributed by atoms with Gasteiger partial charge in [0.25, 0.3) is 5.91 Å². The van der Waals surface area contributed by atoms with Crippen molar-refractivity contribution in [2.24, 2.45) is 5.92 Å². The van der Waals surface area contributed by atoms with Crippen molar-refractivity contribution in [1.82, 2.24) is 14.9 Å². The summed E-state index contributed by atoms with van der Waals surface area (Å²) in [4.78, 5) is 31.1. The molecule has 0 saturated carbocycles. The first-order valence-corrected chi connectivity index (χ1v) is 9.64. The molecule has 6 nitrogen and oxygen atoms in total. The van der Waals surface area contributed by atoms with Gasteiger partial charge >= 0.3 is 0 Å². The van der Waals surface area contributed by atoms with E-state index in [0.29, 0.717) is 12.8 Å². The number of hydrogen-bond donors (Lipinski definition) is 2. The van der Waals surface area contributed by atoms with Gasteiger partial charge in [-0.25, -0.2) is 5.01 Å². The number of carbonyl (C=O) groups is 2. The van der Waals surface area contributed by atoms with Crippen molar-refractivity contribution in [1.29, 1.82) is 0 Å². The molecule has 2 fully saturated rings. The Balaban J connectivity index is 1.49. The van der Waals surface area contributed by atoms with Gasteiger partial charge in [-0.1, -0.05) is 43.3 Å². The summed E-state index contributed by atoms with van der Waals surface area (Å²) < 4.78 is 0. The van der Waals surface area contributed by atoms with Crippen molar-refractivity contribution < 1.29 is 9.59 Å². The van der Waals surface area contributed by atoms with Crippen LogP contribution in [0.4, 0.5) is 5.69 Å². The number of rotatable bonds is 4. The summed E-state index contributed by atoms with van der Waals surface area (Å²) in [5.41, 5.74) is 6.18. The fraction of sp³-hybridized carbons (Fsp3) is 0.273. The number of nitrogens with one attached hydrogen (secondary N) is 2. The Morgan fingerprint density at radius 2 is 1.82 bits per heavy atom. The Bertz CT molecular complexity index is 1040. The van der Waals surface area contributed by atoms with Crippen LogP contribution in [-0.4, -0.2) is 38.9 Å². The van der Waals surface area contributed by atoms with Crippen LogP contribution in [-0.2, 0) is 16.0 Å². The fourth-order valence-corrected chi connectivity index (χ4v) is 4.52. The Labute approximate surface area is 163 Å². The minimum absolute atomic E-state index is 0.0491. The Morgan fingerprint density at radius 1 is 1.07 bits per heavy atom. The van der Waals surface area contributed by atoms with Crippen LogP contribution in [0.2, 0.25) is 0 Å². The third-order valence-electron chi connectivity index (χ3n) is 5.81. The molecule has 1 aromatic heterocycles. The Morgan fingerprint density at radius 3 is 2.64 bits per heavy atom. The van der Waals surface area contributed by atoms with E-state index in [4.69, 9.17) is 0 Å². The smallest absolute Gasteiger partial charge is 0.266 e. The lowest BCUT2D eigenvalue weighted by Gasteiger charge is -2.28. The maximum absolute atomic E-state index is 13.3. The van der Waals surface area contributed by atoms with Crippen LogP contribution in [0, 0.1) is 5.92 Å². The second-order valence-corrected chi connectivity index (χ2v) is 7.66. The number of para-hydroxylation sites is 2. The lowest BCUT2D eigenvalue weighted by molar-refractivity contribution is -0.134. The van der Waals surface area contributed by atoms with Gasteiger partial charge in [0.05, 0.1) is 5.69 Å². The molecular formula is C22H22N4O2. The molecular weight excluding hydrogens is 352 g/mol. The molecule has 0 bridgehead atoms. The third-order valence-corrected chi connectivity index (χ3v) is 5.81. The average Bonchev–Trinajstić information content (AvgIpc) is 3.33. The fourth-order valence-electron chi connectivity index (χ4n) is 4.52. The first-order valence-electron chi connectivity index (χ1n) is 9.64. The summed E-state index contributed by atoms with van der Waals surface area (Å²) in [5.74, 6) is 0.0766. The molecule has 6 heteroatoms. The number of aromatic nitrogens is 1. The van der Waals surface area contributed by atoms with Crippen molar-refractivity contribution in [3.63, 3.8) is 0 Å². The number of fused-ring (bicyclic) bond motifs is 2. The highest BCUT2D eigenvalue weighted by atomic mass is 16.2. The number of H-pyrrole nitrogens is 1. The normalized spacial score (nSPS) is 24.2. The van der Waals surface area contributed by atoms with E-state index in [1.165, 1.54) is 0 Å². The standard InChI is InChI=1S/C22H22N4O2/c1-14-11-20(27)25-19(12-15-13-23-18-10-6-5-9-17(15)18)22(28)26(21(14)25)24-16-7-3-2-4-8-16/h2-10,13-14,19,21,23-24H,11-12H2,1H3/t14-,19-,21?/m0/s1. The molecule has 3 heterocycles. The molecule has 5 rings (SSSR count). The van der Waals surface area contributed by atoms with E-state index in [1.807, 2.05) is 67.7 Å². The number of benzene rings is 2. The molecule has 142 valence electrons. The minimum Gasteiger partial charge on any atom is -0.361 e. The largest absolute Gasteiger partial charge is 0.361 e. The lowest BCUT2D eigenvalue weighted by Crippen LogP contribution is -2.43. The molecule has 2 saturated heterocycles. The van der Waals surface area contributed by atoms with Crippen LogP contribution in [0.5, 0.6) is 0 Å². The van der Waals surface area contributed by atoms with Crippen molar-refractivity contribution in [3.8, 4) is 0 Å². The van der Waals surface area contributed by atoms with Gasteiger partial charge in [-0.05, 0) is 23.8 Å². The van der Waals surface area contributed by atoms with Gasteiger partial charge in [0.2, 0.25) is 5.91 Å². The van der Waals surface area contributed by atoms with Gasteiger partial charge in [0.15, 0.2) is 0 Å². The lowest BCUT2D eigenvalue weighted by atomic mass is 10.0. The van der Waals surface area contributed by atoms with Crippen molar-refractivity contribution in [2.45, 2.75) is 32.0 Å². The third kappa shape index (κ3) is 2.56. The summed E-state index contributed by atoms with van der Waals surface area (Å²) in [6, 6.07) is 17.2. The van der Waals surface area contributed by atoms with Crippen LogP contribution >= 0.6 is 0 Å². The Hall–Kier alpha value is -3.28. The van der Waals surface area contributed by atoms with E-state index >= 15 is 0 Å². The van der Waals surface area contributed by atoms with E-state index in [1.54, 1.807) is 9.91 Å². The summed E-state index contributed by atoms with van der Waals surface area (Å²) in [5, 5.41) is 2.76. The SMILES string of the molecule is C[C@H]1CC(=O)N2C1N(Nc1ccccc1)C(=O)[C@@H]2Cc1c[nH]c2ccccc12. The molecule has 2 aliphatic rings. The predicted octanol–water partition coefficient (Wildman–Crippen LogP) is 3.14. The van der Waals surface area contributed by atoms with Crippen LogP contribution in [0.15, 0.2) is 60.8 Å². The number of hydrogen-bond acceptors (Lipinski definition) is 3. The zero-order chi connectivity index (χ0) is 19.3. The quantitative estimate of drug-likeness (QED) is 0.737. The van der Waals surface area contributed by atoms with Crippen LogP contribution < -0.4 is 5.43 Å². The number of carbonyl (C=O) groups excluding carboxylic acids is 2. The number of hydrazine groups is 1. The van der Waals surface area contributed by atoms with E-state index < -0.39 is 6.04 Å². The van der Waals surface area contributed by atoms with Crippen LogP contribution in [0.3, 0.4) is 0 Å². The summed E-state index contributed by atoms with van der Waals surface area (Å²) in [6.45, 7) is 2.03. The van der Waals surface area contributed by atoms with Crippen LogP contribution in [0.1, 0.15) is 18.9 Å². The van der Waals surface area contributed by atoms with Gasteiger partial charge in [-0.2, -0.15) is 0 Å². The van der Waals surface area contributed by atoms with Crippen molar-refractivity contribution in [2.75, 3.05) is 5.43 Å². The highest BCUT2D eigenvalue weighted by Gasteiger charge is 2.55. The molecule has 28 heavy (non-hydrogen) atoms. The molecule has 0 spiro atoms. The van der Waals surface area contributed by atoms with Crippen molar-refractivity contribution >= 4 is 28.4 Å². The number of anilines is 1. The van der Waals surface area contributed by atoms with Gasteiger partial charge < -0.3 is 9.88 Å². The van der Waals surface area contributed by atoms with E-state index in [2.05, 4.69) is 10.4 Å². The molecule has 1 unspecified atom stereocenters. The second-order valence-electron chi connectivity index (χ2n) is 7.66. The van der Waals surface area contributed by atoms with Crippen LogP contribution in [0.25, 0.3) is 10.9 Å². The summed E-state index contributed by atoms with van der Waals surface area (Å²) >= 11 is 0. The summed E-state index contributed by atoms with van der Waals surface area (Å²) in [7, 11) is 0. The minimum atomic E-state index is -0.488. The Kier molecular flexibility index (Phi) is 3.86. The molecule has 3 atom stereocenters. The average molecular weight is 374 g/mol. The first-order chi connectivity index (χ1) is 13.6. The van der Waals surface area contributed by atoms with E-state index in [0.717, 1.165) is 22.2 Å². The first kappa shape index (κ1) is 16.9. The maximum Gasteiger partial charge on any atom is 0.266 e. The highest BCUT2D eigenvalue weighted by Crippen LogP contribution is 2.37. The van der Waals surface area contributed by atoms with E-state index in [-0.39, 0.29) is 23.9 Å². The second kappa shape index (κ2) is 6.41. The topological polar surface area (TPSA) is 68.4 Å². The molecule has 2 aliphatic heterocycles. The number of aromatic amines is 1. The maximum atomic E-state index is 13.3. The molecule has 2 N–H and O–H groups in total. The molecule has 2 amide bonds. The molecule has 2 aromatic carbocycles. The predicted molar refractivity (Wildman–Crippen MR) is 107 cm³/mol. The summed E-state index contributed by atoms with van der Waals surface area (Å²) in [6.07, 6.45) is 2.67. The monoisotopic (exact) mass is 374 g/mol. The van der Waals surface area contributed by atoms with Gasteiger partial charge in [0, 0.05) is 35.9 Å². The highest BCUT2D eigenvalue weighted by molar-refractivity contribution is 5.95. The number of amides is 2. The molecule has 3 aromatic rings.